The van der Waals surface area contributed by atoms with Crippen LogP contribution in [0.4, 0.5) is 17.1 Å². The van der Waals surface area contributed by atoms with Crippen LogP contribution in [0.25, 0.3) is 53.2 Å². The predicted octanol–water partition coefficient (Wildman–Crippen LogP) is 15.3. The molecule has 0 spiro atoms. The number of hydrogen-bond donors (Lipinski definition) is 0. The van der Waals surface area contributed by atoms with Gasteiger partial charge in [0.15, 0.2) is 0 Å². The van der Waals surface area contributed by atoms with Crippen LogP contribution in [0.1, 0.15) is 47.2 Å². The maximum Gasteiger partial charge on any atom is 0.0714 e. The van der Waals surface area contributed by atoms with E-state index in [2.05, 4.69) is 219 Å². The summed E-state index contributed by atoms with van der Waals surface area (Å²) in [5, 5.41) is 5.19. The highest BCUT2D eigenvalue weighted by atomic mass is 32.1. The summed E-state index contributed by atoms with van der Waals surface area (Å²) in [5.74, 6) is 0. The van der Waals surface area contributed by atoms with Crippen molar-refractivity contribution in [1.29, 1.82) is 0 Å². The van der Waals surface area contributed by atoms with Gasteiger partial charge in [0.1, 0.15) is 0 Å². The third-order valence-electron chi connectivity index (χ3n) is 13.1. The van der Waals surface area contributed by atoms with Gasteiger partial charge in [-0.25, -0.2) is 0 Å². The lowest BCUT2D eigenvalue weighted by molar-refractivity contribution is 0.661. The van der Waals surface area contributed by atoms with E-state index in [1.807, 2.05) is 11.3 Å². The molecule has 2 aliphatic carbocycles. The Bertz CT molecular complexity index is 3220. The van der Waals surface area contributed by atoms with Gasteiger partial charge in [-0.1, -0.05) is 159 Å². The first-order valence-corrected chi connectivity index (χ1v) is 21.1. The number of hydrogen-bond acceptors (Lipinski definition) is 2. The molecule has 0 fully saturated rings. The van der Waals surface area contributed by atoms with Crippen LogP contribution in [0.3, 0.4) is 0 Å². The smallest absolute Gasteiger partial charge is 0.0714 e. The van der Waals surface area contributed by atoms with Gasteiger partial charge in [0.05, 0.1) is 5.41 Å². The van der Waals surface area contributed by atoms with Crippen molar-refractivity contribution >= 4 is 59.3 Å². The topological polar surface area (TPSA) is 3.24 Å². The summed E-state index contributed by atoms with van der Waals surface area (Å²) in [4.78, 5) is 2.50. The van der Waals surface area contributed by atoms with Gasteiger partial charge in [0.25, 0.3) is 0 Å². The first-order valence-electron chi connectivity index (χ1n) is 20.3. The molecule has 0 bridgehead atoms. The Hall–Kier alpha value is -6.74. The van der Waals surface area contributed by atoms with Crippen molar-refractivity contribution in [2.24, 2.45) is 0 Å². The van der Waals surface area contributed by atoms with Crippen molar-refractivity contribution in [1.82, 2.24) is 0 Å². The number of nitrogens with zero attached hydrogens (tertiary/aromatic N) is 1. The Morgan fingerprint density at radius 1 is 0.362 bits per heavy atom. The molecule has 12 rings (SSSR count). The minimum Gasteiger partial charge on any atom is -0.310 e. The third-order valence-corrected chi connectivity index (χ3v) is 14.2. The zero-order valence-electron chi connectivity index (χ0n) is 32.4. The van der Waals surface area contributed by atoms with Crippen LogP contribution >= 0.6 is 11.3 Å². The zero-order valence-corrected chi connectivity index (χ0v) is 33.2. The van der Waals surface area contributed by atoms with Crippen LogP contribution in [0.15, 0.2) is 200 Å². The van der Waals surface area contributed by atoms with Gasteiger partial charge in [0, 0.05) is 42.6 Å². The fourth-order valence-corrected chi connectivity index (χ4v) is 11.6. The maximum atomic E-state index is 2.50. The van der Waals surface area contributed by atoms with Crippen LogP contribution in [-0.2, 0) is 10.8 Å². The van der Waals surface area contributed by atoms with Crippen LogP contribution in [0, 0.1) is 0 Å². The number of anilines is 3. The SMILES string of the molecule is CC1(C)c2ccc(N(c3ccc4c(c3)C(c3ccccc3)(c3ccccc3)c3ccccc3-4)c3ccc4c(c3)sc3ccccc34)cc2-c2cc3ccccc3cc21. The molecule has 0 saturated heterocycles. The van der Waals surface area contributed by atoms with Crippen molar-refractivity contribution < 1.29 is 0 Å². The molecule has 0 amide bonds. The Labute approximate surface area is 343 Å². The van der Waals surface area contributed by atoms with Crippen LogP contribution in [-0.4, -0.2) is 0 Å². The summed E-state index contributed by atoms with van der Waals surface area (Å²) in [6.07, 6.45) is 0. The number of fused-ring (bicyclic) bond motifs is 10. The van der Waals surface area contributed by atoms with Crippen LogP contribution in [0.2, 0.25) is 0 Å². The molecule has 0 aliphatic heterocycles. The fraction of sp³-hybridized carbons (Fsp3) is 0.0714. The molecule has 2 aliphatic rings. The van der Waals surface area contributed by atoms with E-state index in [0.29, 0.717) is 0 Å². The first-order chi connectivity index (χ1) is 28.5. The molecule has 0 radical (unpaired) electrons. The quantitative estimate of drug-likeness (QED) is 0.169. The van der Waals surface area contributed by atoms with E-state index in [-0.39, 0.29) is 5.41 Å². The summed E-state index contributed by atoms with van der Waals surface area (Å²) in [6.45, 7) is 4.76. The Kier molecular flexibility index (Phi) is 7.13. The Morgan fingerprint density at radius 2 is 0.931 bits per heavy atom. The summed E-state index contributed by atoms with van der Waals surface area (Å²) in [5.41, 5.74) is 16.0. The van der Waals surface area contributed by atoms with Crippen LogP contribution in [0.5, 0.6) is 0 Å². The van der Waals surface area contributed by atoms with E-state index in [0.717, 1.165) is 17.1 Å². The average molecular weight is 758 g/mol. The minimum absolute atomic E-state index is 0.113. The molecule has 1 heterocycles. The standard InChI is InChI=1S/C56H39NS/c1-55(2)49-30-27-40(33-48(49)47-31-36-15-9-10-16-37(36)32-51(47)55)57(42-26-29-46-45-22-12-14-24-53(45)58-54(46)35-42)41-25-28-44-43-21-11-13-23-50(43)56(52(44)34-41,38-17-5-3-6-18-38)39-19-7-4-8-20-39/h3-35H,1-2H3. The van der Waals surface area contributed by atoms with Crippen LogP contribution < -0.4 is 4.90 Å². The van der Waals surface area contributed by atoms with Gasteiger partial charge in [-0.3, -0.25) is 0 Å². The first kappa shape index (κ1) is 33.4. The van der Waals surface area contributed by atoms with Crippen molar-refractivity contribution in [3.63, 3.8) is 0 Å². The second kappa shape index (κ2) is 12.4. The zero-order chi connectivity index (χ0) is 38.6. The van der Waals surface area contributed by atoms with Crippen molar-refractivity contribution in [3.8, 4) is 22.3 Å². The third kappa shape index (κ3) is 4.64. The normalized spacial score (nSPS) is 14.3. The summed E-state index contributed by atoms with van der Waals surface area (Å²) in [7, 11) is 0. The lowest BCUT2D eigenvalue weighted by atomic mass is 9.67. The van der Waals surface area contributed by atoms with Crippen molar-refractivity contribution in [2.75, 3.05) is 4.90 Å². The summed E-state index contributed by atoms with van der Waals surface area (Å²) < 4.78 is 2.61. The van der Waals surface area contributed by atoms with E-state index in [1.165, 1.54) is 86.6 Å². The molecule has 58 heavy (non-hydrogen) atoms. The molecule has 0 atom stereocenters. The van der Waals surface area contributed by atoms with Gasteiger partial charge < -0.3 is 4.90 Å². The van der Waals surface area contributed by atoms with Crippen molar-refractivity contribution in [2.45, 2.75) is 24.7 Å². The fourth-order valence-electron chi connectivity index (χ4n) is 10.4. The second-order valence-corrected chi connectivity index (χ2v) is 17.6. The molecule has 2 heteroatoms. The molecule has 274 valence electrons. The molecule has 1 nitrogen and oxygen atoms in total. The molecular formula is C56H39NS. The molecule has 9 aromatic carbocycles. The van der Waals surface area contributed by atoms with E-state index < -0.39 is 5.41 Å². The molecular weight excluding hydrogens is 719 g/mol. The molecule has 10 aromatic rings. The van der Waals surface area contributed by atoms with E-state index in [9.17, 15) is 0 Å². The molecule has 0 unspecified atom stereocenters. The molecule has 0 saturated carbocycles. The van der Waals surface area contributed by atoms with Gasteiger partial charge in [-0.2, -0.15) is 0 Å². The van der Waals surface area contributed by atoms with Gasteiger partial charge in [-0.05, 0) is 121 Å². The number of benzene rings is 9. The highest BCUT2D eigenvalue weighted by Gasteiger charge is 2.46. The maximum absolute atomic E-state index is 2.50. The monoisotopic (exact) mass is 757 g/mol. The van der Waals surface area contributed by atoms with E-state index >= 15 is 0 Å². The Balaban J connectivity index is 1.13. The summed E-state index contributed by atoms with van der Waals surface area (Å²) in [6, 6.07) is 75.1. The van der Waals surface area contributed by atoms with E-state index in [1.54, 1.807) is 0 Å². The predicted molar refractivity (Wildman–Crippen MR) is 246 cm³/mol. The van der Waals surface area contributed by atoms with Gasteiger partial charge >= 0.3 is 0 Å². The number of rotatable bonds is 5. The van der Waals surface area contributed by atoms with Gasteiger partial charge in [-0.15, -0.1) is 11.3 Å². The largest absolute Gasteiger partial charge is 0.310 e. The Morgan fingerprint density at radius 3 is 1.72 bits per heavy atom. The second-order valence-electron chi connectivity index (χ2n) is 16.5. The van der Waals surface area contributed by atoms with E-state index in [4.69, 9.17) is 0 Å². The van der Waals surface area contributed by atoms with Gasteiger partial charge in [0.2, 0.25) is 0 Å². The summed E-state index contributed by atoms with van der Waals surface area (Å²) >= 11 is 1.87. The average Bonchev–Trinajstić information content (AvgIpc) is 3.86. The highest BCUT2D eigenvalue weighted by Crippen LogP contribution is 2.58. The number of thiophene rings is 1. The molecule has 1 aromatic heterocycles. The lowest BCUT2D eigenvalue weighted by Gasteiger charge is -2.35. The molecule has 0 N–H and O–H groups in total. The van der Waals surface area contributed by atoms with Crippen molar-refractivity contribution in [3.05, 3.63) is 234 Å². The lowest BCUT2D eigenvalue weighted by Crippen LogP contribution is -2.28. The highest BCUT2D eigenvalue weighted by molar-refractivity contribution is 7.25. The minimum atomic E-state index is -0.493.